The number of phenols is 1. The Morgan fingerprint density at radius 2 is 2.14 bits per heavy atom. The summed E-state index contributed by atoms with van der Waals surface area (Å²) in [6, 6.07) is 10.1. The van der Waals surface area contributed by atoms with Gasteiger partial charge in [-0.05, 0) is 37.3 Å². The normalized spacial score (nSPS) is 10.8. The van der Waals surface area contributed by atoms with E-state index in [4.69, 9.17) is 11.6 Å². The lowest BCUT2D eigenvalue weighted by Crippen LogP contribution is -2.12. The largest absolute Gasteiger partial charge is 0.506 e. The van der Waals surface area contributed by atoms with E-state index in [9.17, 15) is 9.90 Å². The van der Waals surface area contributed by atoms with Gasteiger partial charge in [0.15, 0.2) is 0 Å². The Morgan fingerprint density at radius 1 is 1.33 bits per heavy atom. The average molecular weight is 302 g/mol. The number of fused-ring (bicyclic) bond motifs is 1. The second-order valence-electron chi connectivity index (χ2n) is 4.64. The van der Waals surface area contributed by atoms with Gasteiger partial charge in [0.05, 0.1) is 5.69 Å². The lowest BCUT2D eigenvalue weighted by atomic mass is 10.3. The van der Waals surface area contributed by atoms with Crippen molar-refractivity contribution in [3.8, 4) is 5.75 Å². The molecule has 0 atom stereocenters. The maximum atomic E-state index is 12.2. The van der Waals surface area contributed by atoms with Crippen molar-refractivity contribution >= 4 is 28.8 Å². The molecule has 106 valence electrons. The molecule has 1 amide bonds. The molecule has 6 heteroatoms. The van der Waals surface area contributed by atoms with Crippen molar-refractivity contribution in [3.05, 3.63) is 59.0 Å². The Balaban J connectivity index is 1.93. The third kappa shape index (κ3) is 2.55. The van der Waals surface area contributed by atoms with E-state index in [0.29, 0.717) is 10.7 Å². The van der Waals surface area contributed by atoms with E-state index in [2.05, 4.69) is 10.3 Å². The summed E-state index contributed by atoms with van der Waals surface area (Å²) in [5.41, 5.74) is 2.19. The number of nitrogens with one attached hydrogen (secondary N) is 1. The number of aromatic hydroxyl groups is 1. The molecule has 3 rings (SSSR count). The van der Waals surface area contributed by atoms with Gasteiger partial charge in [-0.1, -0.05) is 17.7 Å². The summed E-state index contributed by atoms with van der Waals surface area (Å²) in [4.78, 5) is 16.5. The molecule has 5 nitrogen and oxygen atoms in total. The van der Waals surface area contributed by atoms with Gasteiger partial charge in [0.25, 0.3) is 5.91 Å². The molecule has 0 aliphatic carbocycles. The quantitative estimate of drug-likeness (QED) is 0.714. The maximum Gasteiger partial charge on any atom is 0.275 e. The van der Waals surface area contributed by atoms with Crippen LogP contribution in [0.2, 0.25) is 5.02 Å². The van der Waals surface area contributed by atoms with E-state index in [0.717, 1.165) is 5.69 Å². The van der Waals surface area contributed by atoms with Crippen LogP contribution in [0.4, 0.5) is 5.69 Å². The van der Waals surface area contributed by atoms with E-state index in [-0.39, 0.29) is 17.1 Å². The summed E-state index contributed by atoms with van der Waals surface area (Å²) in [6.07, 6.45) is 1.65. The predicted molar refractivity (Wildman–Crippen MR) is 81.0 cm³/mol. The molecular formula is C15H12ClN3O2. The number of rotatable bonds is 2. The number of nitrogens with zero attached hydrogens (tertiary/aromatic N) is 2. The number of anilines is 1. The number of aryl methyl sites for hydroxylation is 1. The predicted octanol–water partition coefficient (Wildman–Crippen LogP) is 3.25. The minimum atomic E-state index is -0.407. The van der Waals surface area contributed by atoms with Crippen molar-refractivity contribution in [1.82, 2.24) is 9.38 Å². The van der Waals surface area contributed by atoms with E-state index in [1.807, 2.05) is 29.5 Å². The fourth-order valence-corrected chi connectivity index (χ4v) is 2.22. The SMILES string of the molecule is Cc1cccc2nc(C(=O)Nc3cc(Cl)ccc3O)cn12. The summed E-state index contributed by atoms with van der Waals surface area (Å²) in [7, 11) is 0. The van der Waals surface area contributed by atoms with Crippen LogP contribution in [0.25, 0.3) is 5.65 Å². The first-order valence-electron chi connectivity index (χ1n) is 6.29. The maximum absolute atomic E-state index is 12.2. The number of carbonyl (C=O) groups excluding carboxylic acids is 1. The van der Waals surface area contributed by atoms with Gasteiger partial charge < -0.3 is 14.8 Å². The molecule has 0 aliphatic rings. The first-order chi connectivity index (χ1) is 10.0. The molecule has 2 heterocycles. The second-order valence-corrected chi connectivity index (χ2v) is 5.07. The highest BCUT2D eigenvalue weighted by molar-refractivity contribution is 6.31. The van der Waals surface area contributed by atoms with Gasteiger partial charge in [0, 0.05) is 16.9 Å². The number of imidazole rings is 1. The molecule has 0 aliphatic heterocycles. The van der Waals surface area contributed by atoms with Gasteiger partial charge in [-0.2, -0.15) is 0 Å². The molecule has 0 saturated carbocycles. The van der Waals surface area contributed by atoms with Gasteiger partial charge in [-0.3, -0.25) is 4.79 Å². The van der Waals surface area contributed by atoms with Crippen LogP contribution < -0.4 is 5.32 Å². The van der Waals surface area contributed by atoms with E-state index in [1.54, 1.807) is 12.3 Å². The molecule has 0 bridgehead atoms. The molecule has 0 saturated heterocycles. The standard InChI is InChI=1S/C15H12ClN3O2/c1-9-3-2-4-14-17-12(8-19(9)14)15(21)18-11-7-10(16)5-6-13(11)20/h2-8,20H,1H3,(H,18,21). The van der Waals surface area contributed by atoms with Crippen LogP contribution in [0.1, 0.15) is 16.2 Å². The third-order valence-electron chi connectivity index (χ3n) is 3.14. The van der Waals surface area contributed by atoms with Crippen molar-refractivity contribution < 1.29 is 9.90 Å². The number of amides is 1. The van der Waals surface area contributed by atoms with E-state index < -0.39 is 5.91 Å². The number of benzene rings is 1. The number of phenolic OH excluding ortho intramolecular Hbond substituents is 1. The minimum absolute atomic E-state index is 0.0484. The zero-order chi connectivity index (χ0) is 15.0. The van der Waals surface area contributed by atoms with Gasteiger partial charge in [0.2, 0.25) is 0 Å². The van der Waals surface area contributed by atoms with Gasteiger partial charge in [-0.15, -0.1) is 0 Å². The number of hydrogen-bond donors (Lipinski definition) is 2. The Morgan fingerprint density at radius 3 is 2.90 bits per heavy atom. The van der Waals surface area contributed by atoms with Crippen molar-refractivity contribution in [2.45, 2.75) is 6.92 Å². The molecule has 3 aromatic rings. The Kier molecular flexibility index (Phi) is 3.27. The summed E-state index contributed by atoms with van der Waals surface area (Å²) in [6.45, 7) is 1.93. The molecule has 2 aromatic heterocycles. The average Bonchev–Trinajstić information content (AvgIpc) is 2.88. The smallest absolute Gasteiger partial charge is 0.275 e. The number of aromatic nitrogens is 2. The molecular weight excluding hydrogens is 290 g/mol. The number of carbonyl (C=O) groups is 1. The Hall–Kier alpha value is -2.53. The monoisotopic (exact) mass is 301 g/mol. The summed E-state index contributed by atoms with van der Waals surface area (Å²) < 4.78 is 1.83. The fraction of sp³-hybridized carbons (Fsp3) is 0.0667. The highest BCUT2D eigenvalue weighted by Crippen LogP contribution is 2.26. The number of pyridine rings is 1. The first kappa shape index (κ1) is 13.5. The van der Waals surface area contributed by atoms with Crippen LogP contribution in [0.5, 0.6) is 5.75 Å². The van der Waals surface area contributed by atoms with Gasteiger partial charge in [-0.25, -0.2) is 4.98 Å². The van der Waals surface area contributed by atoms with Crippen LogP contribution >= 0.6 is 11.6 Å². The molecule has 2 N–H and O–H groups in total. The Labute approximate surface area is 125 Å². The summed E-state index contributed by atoms with van der Waals surface area (Å²) in [5.74, 6) is -0.455. The molecule has 0 spiro atoms. The van der Waals surface area contributed by atoms with Crippen LogP contribution in [0.3, 0.4) is 0 Å². The van der Waals surface area contributed by atoms with E-state index >= 15 is 0 Å². The minimum Gasteiger partial charge on any atom is -0.506 e. The highest BCUT2D eigenvalue weighted by Gasteiger charge is 2.13. The van der Waals surface area contributed by atoms with Crippen LogP contribution in [-0.2, 0) is 0 Å². The third-order valence-corrected chi connectivity index (χ3v) is 3.37. The van der Waals surface area contributed by atoms with Crippen LogP contribution in [0.15, 0.2) is 42.6 Å². The Bertz CT molecular complexity index is 842. The second kappa shape index (κ2) is 5.10. The highest BCUT2D eigenvalue weighted by atomic mass is 35.5. The van der Waals surface area contributed by atoms with Crippen molar-refractivity contribution in [2.75, 3.05) is 5.32 Å². The van der Waals surface area contributed by atoms with Crippen molar-refractivity contribution in [1.29, 1.82) is 0 Å². The fourth-order valence-electron chi connectivity index (χ4n) is 2.05. The molecule has 1 aromatic carbocycles. The lowest BCUT2D eigenvalue weighted by Gasteiger charge is -2.05. The number of halogens is 1. The van der Waals surface area contributed by atoms with Crippen LogP contribution in [0, 0.1) is 6.92 Å². The van der Waals surface area contributed by atoms with Crippen LogP contribution in [-0.4, -0.2) is 20.4 Å². The van der Waals surface area contributed by atoms with Gasteiger partial charge in [0.1, 0.15) is 17.1 Å². The molecule has 0 unspecified atom stereocenters. The topological polar surface area (TPSA) is 66.6 Å². The molecule has 0 radical (unpaired) electrons. The van der Waals surface area contributed by atoms with Crippen molar-refractivity contribution in [3.63, 3.8) is 0 Å². The van der Waals surface area contributed by atoms with E-state index in [1.165, 1.54) is 12.1 Å². The van der Waals surface area contributed by atoms with Gasteiger partial charge >= 0.3 is 0 Å². The zero-order valence-electron chi connectivity index (χ0n) is 11.2. The molecule has 21 heavy (non-hydrogen) atoms. The number of hydrogen-bond acceptors (Lipinski definition) is 3. The molecule has 0 fully saturated rings. The first-order valence-corrected chi connectivity index (χ1v) is 6.67. The summed E-state index contributed by atoms with van der Waals surface area (Å²) >= 11 is 5.85. The lowest BCUT2D eigenvalue weighted by molar-refractivity contribution is 0.102. The van der Waals surface area contributed by atoms with Crippen molar-refractivity contribution in [2.24, 2.45) is 0 Å². The summed E-state index contributed by atoms with van der Waals surface area (Å²) in [5, 5.41) is 12.7. The zero-order valence-corrected chi connectivity index (χ0v) is 11.9.